The summed E-state index contributed by atoms with van der Waals surface area (Å²) < 4.78 is 7.12. The monoisotopic (exact) mass is 330 g/mol. The Morgan fingerprint density at radius 3 is 2.36 bits per heavy atom. The zero-order valence-corrected chi connectivity index (χ0v) is 14.1. The standard InChI is InChI=1S/C22H20NO2/c1-25-21-14-11-18(12-15-21)10-13-20-9-5-6-16-23(20)17-22(24)19-7-3-2-4-8-19/h2-16H,17H2,1H3/q+1/b13-10+. The van der Waals surface area contributed by atoms with Crippen LogP contribution in [0.3, 0.4) is 0 Å². The van der Waals surface area contributed by atoms with E-state index >= 15 is 0 Å². The molecule has 0 radical (unpaired) electrons. The van der Waals surface area contributed by atoms with Crippen molar-refractivity contribution in [1.82, 2.24) is 0 Å². The molecule has 0 saturated carbocycles. The van der Waals surface area contributed by atoms with Crippen LogP contribution < -0.4 is 9.30 Å². The van der Waals surface area contributed by atoms with Crippen LogP contribution in [0.1, 0.15) is 21.6 Å². The van der Waals surface area contributed by atoms with Crippen LogP contribution >= 0.6 is 0 Å². The minimum atomic E-state index is 0.0934. The van der Waals surface area contributed by atoms with Crippen LogP contribution in [-0.2, 0) is 6.54 Å². The van der Waals surface area contributed by atoms with E-state index in [1.165, 1.54) is 0 Å². The third-order valence-electron chi connectivity index (χ3n) is 3.95. The van der Waals surface area contributed by atoms with Gasteiger partial charge in [0.15, 0.2) is 6.20 Å². The van der Waals surface area contributed by atoms with Crippen LogP contribution in [0.2, 0.25) is 0 Å². The fraction of sp³-hybridized carbons (Fsp3) is 0.0909. The fourth-order valence-electron chi connectivity index (χ4n) is 2.55. The van der Waals surface area contributed by atoms with Gasteiger partial charge in [-0.2, -0.15) is 4.57 Å². The first-order chi connectivity index (χ1) is 12.3. The molecule has 3 aromatic rings. The molecule has 0 aliphatic rings. The van der Waals surface area contributed by atoms with Crippen molar-refractivity contribution in [1.29, 1.82) is 0 Å². The Labute approximate surface area is 147 Å². The predicted octanol–water partition coefficient (Wildman–Crippen LogP) is 4.04. The van der Waals surface area contributed by atoms with Gasteiger partial charge in [0.25, 0.3) is 0 Å². The highest BCUT2D eigenvalue weighted by Gasteiger charge is 2.14. The molecular weight excluding hydrogens is 310 g/mol. The van der Waals surface area contributed by atoms with Crippen LogP contribution in [0.25, 0.3) is 12.2 Å². The van der Waals surface area contributed by atoms with E-state index in [1.54, 1.807) is 7.11 Å². The maximum absolute atomic E-state index is 12.5. The predicted molar refractivity (Wildman–Crippen MR) is 99.3 cm³/mol. The number of methoxy groups -OCH3 is 1. The third-order valence-corrected chi connectivity index (χ3v) is 3.95. The Hall–Kier alpha value is -3.20. The van der Waals surface area contributed by atoms with Gasteiger partial charge in [0.2, 0.25) is 18.0 Å². The van der Waals surface area contributed by atoms with Gasteiger partial charge < -0.3 is 4.74 Å². The number of rotatable bonds is 6. The van der Waals surface area contributed by atoms with Crippen molar-refractivity contribution in [3.63, 3.8) is 0 Å². The van der Waals surface area contributed by atoms with Gasteiger partial charge in [-0.15, -0.1) is 0 Å². The molecule has 124 valence electrons. The lowest BCUT2D eigenvalue weighted by molar-refractivity contribution is -0.684. The number of hydrogen-bond acceptors (Lipinski definition) is 2. The number of benzene rings is 2. The molecule has 2 aromatic carbocycles. The molecule has 0 fully saturated rings. The summed E-state index contributed by atoms with van der Waals surface area (Å²) >= 11 is 0. The van der Waals surface area contributed by atoms with E-state index in [2.05, 4.69) is 0 Å². The molecule has 3 rings (SSSR count). The van der Waals surface area contributed by atoms with Crippen molar-refractivity contribution in [2.24, 2.45) is 0 Å². The SMILES string of the molecule is COc1ccc(/C=C/c2cccc[n+]2CC(=O)c2ccccc2)cc1. The number of carbonyl (C=O) groups is 1. The summed E-state index contributed by atoms with van der Waals surface area (Å²) in [6.45, 7) is 0.313. The molecule has 0 unspecified atom stereocenters. The zero-order chi connectivity index (χ0) is 17.5. The number of hydrogen-bond donors (Lipinski definition) is 0. The average molecular weight is 330 g/mol. The van der Waals surface area contributed by atoms with Crippen molar-refractivity contribution in [2.75, 3.05) is 7.11 Å². The smallest absolute Gasteiger partial charge is 0.227 e. The fourth-order valence-corrected chi connectivity index (χ4v) is 2.55. The van der Waals surface area contributed by atoms with E-state index in [4.69, 9.17) is 4.74 Å². The van der Waals surface area contributed by atoms with E-state index in [1.807, 2.05) is 95.7 Å². The van der Waals surface area contributed by atoms with Crippen LogP contribution in [0.15, 0.2) is 79.0 Å². The van der Waals surface area contributed by atoms with Crippen LogP contribution in [0.4, 0.5) is 0 Å². The highest BCUT2D eigenvalue weighted by molar-refractivity contribution is 5.95. The summed E-state index contributed by atoms with van der Waals surface area (Å²) in [5, 5.41) is 0. The summed E-state index contributed by atoms with van der Waals surface area (Å²) in [6.07, 6.45) is 5.97. The van der Waals surface area contributed by atoms with E-state index in [0.717, 1.165) is 22.6 Å². The van der Waals surface area contributed by atoms with E-state index < -0.39 is 0 Å². The lowest BCUT2D eigenvalue weighted by atomic mass is 10.1. The zero-order valence-electron chi connectivity index (χ0n) is 14.1. The highest BCUT2D eigenvalue weighted by atomic mass is 16.5. The maximum atomic E-state index is 12.5. The topological polar surface area (TPSA) is 30.2 Å². The molecule has 0 spiro atoms. The molecule has 1 heterocycles. The molecule has 0 saturated heterocycles. The van der Waals surface area contributed by atoms with Gasteiger partial charge in [-0.3, -0.25) is 4.79 Å². The highest BCUT2D eigenvalue weighted by Crippen LogP contribution is 2.13. The normalized spacial score (nSPS) is 10.8. The minimum Gasteiger partial charge on any atom is -0.497 e. The quantitative estimate of drug-likeness (QED) is 0.504. The number of ether oxygens (including phenoxy) is 1. The van der Waals surface area contributed by atoms with E-state index in [0.29, 0.717) is 6.54 Å². The van der Waals surface area contributed by atoms with Crippen LogP contribution in [0.5, 0.6) is 5.75 Å². The first kappa shape index (κ1) is 16.7. The van der Waals surface area contributed by atoms with Crippen molar-refractivity contribution in [3.8, 4) is 5.75 Å². The molecular formula is C22H20NO2+. The Kier molecular flexibility index (Phi) is 5.37. The van der Waals surface area contributed by atoms with Crippen molar-refractivity contribution < 1.29 is 14.1 Å². The van der Waals surface area contributed by atoms with Gasteiger partial charge in [0.1, 0.15) is 5.75 Å². The molecule has 0 atom stereocenters. The van der Waals surface area contributed by atoms with E-state index in [9.17, 15) is 4.79 Å². The van der Waals surface area contributed by atoms with Gasteiger partial charge in [-0.05, 0) is 29.8 Å². The Morgan fingerprint density at radius 2 is 1.64 bits per heavy atom. The molecule has 0 bridgehead atoms. The molecule has 0 N–H and O–H groups in total. The molecule has 0 aliphatic carbocycles. The molecule has 1 aromatic heterocycles. The van der Waals surface area contributed by atoms with Gasteiger partial charge in [0.05, 0.1) is 7.11 Å². The van der Waals surface area contributed by atoms with Crippen molar-refractivity contribution >= 4 is 17.9 Å². The van der Waals surface area contributed by atoms with Crippen molar-refractivity contribution in [2.45, 2.75) is 6.54 Å². The lowest BCUT2D eigenvalue weighted by Crippen LogP contribution is -2.40. The summed E-state index contributed by atoms with van der Waals surface area (Å²) in [5.41, 5.74) is 2.78. The van der Waals surface area contributed by atoms with Gasteiger partial charge >= 0.3 is 0 Å². The summed E-state index contributed by atoms with van der Waals surface area (Å²) in [4.78, 5) is 12.5. The first-order valence-electron chi connectivity index (χ1n) is 8.15. The van der Waals surface area contributed by atoms with Crippen molar-refractivity contribution in [3.05, 3.63) is 95.8 Å². The molecule has 0 aliphatic heterocycles. The number of nitrogens with zero attached hydrogens (tertiary/aromatic N) is 1. The third kappa shape index (κ3) is 4.42. The Bertz CT molecular complexity index is 868. The van der Waals surface area contributed by atoms with Crippen LogP contribution in [0, 0.1) is 0 Å². The lowest BCUT2D eigenvalue weighted by Gasteiger charge is -2.01. The minimum absolute atomic E-state index is 0.0934. The number of carbonyl (C=O) groups excluding carboxylic acids is 1. The summed E-state index contributed by atoms with van der Waals surface area (Å²) in [7, 11) is 1.65. The first-order valence-corrected chi connectivity index (χ1v) is 8.15. The second-order valence-corrected chi connectivity index (χ2v) is 5.65. The van der Waals surface area contributed by atoms with Crippen LogP contribution in [-0.4, -0.2) is 12.9 Å². The largest absolute Gasteiger partial charge is 0.497 e. The summed E-state index contributed by atoms with van der Waals surface area (Å²) in [5.74, 6) is 0.927. The second kappa shape index (κ2) is 8.06. The average Bonchev–Trinajstić information content (AvgIpc) is 2.68. The second-order valence-electron chi connectivity index (χ2n) is 5.65. The molecule has 25 heavy (non-hydrogen) atoms. The van der Waals surface area contributed by atoms with Gasteiger partial charge in [0, 0.05) is 23.8 Å². The molecule has 0 amide bonds. The maximum Gasteiger partial charge on any atom is 0.227 e. The molecule has 3 nitrogen and oxygen atoms in total. The number of pyridine rings is 1. The number of Topliss-reactive ketones (excluding diaryl/α,β-unsaturated/α-hetero) is 1. The van der Waals surface area contributed by atoms with E-state index in [-0.39, 0.29) is 5.78 Å². The van der Waals surface area contributed by atoms with Gasteiger partial charge in [-0.25, -0.2) is 0 Å². The number of aromatic nitrogens is 1. The molecule has 3 heteroatoms. The summed E-state index contributed by atoms with van der Waals surface area (Å²) in [6, 6.07) is 23.1. The number of ketones is 1. The van der Waals surface area contributed by atoms with Gasteiger partial charge in [-0.1, -0.05) is 42.5 Å². The Balaban J connectivity index is 1.78. The Morgan fingerprint density at radius 1 is 0.920 bits per heavy atom.